The maximum Gasteiger partial charge on any atom is 0.128 e. The highest BCUT2D eigenvalue weighted by Crippen LogP contribution is 2.26. The maximum absolute atomic E-state index is 5.94. The topological polar surface area (TPSA) is 34.2 Å². The van der Waals surface area contributed by atoms with Crippen LogP contribution in [-0.4, -0.2) is 24.8 Å². The minimum atomic E-state index is 0.637. The van der Waals surface area contributed by atoms with Gasteiger partial charge < -0.3 is 14.5 Å². The van der Waals surface area contributed by atoms with Crippen LogP contribution < -0.4 is 4.74 Å². The average Bonchev–Trinajstić information content (AvgIpc) is 2.86. The Morgan fingerprint density at radius 1 is 1.24 bits per heavy atom. The highest BCUT2D eigenvalue weighted by Gasteiger charge is 2.14. The standard InChI is InChI=1S/C14H17NO2/c1-2-13-12(4-7-15-13)14(3-1)17-10-11-5-8-16-9-6-11/h1-4,7,11,15H,5-6,8-10H2. The highest BCUT2D eigenvalue weighted by atomic mass is 16.5. The van der Waals surface area contributed by atoms with Crippen LogP contribution in [-0.2, 0) is 4.74 Å². The zero-order valence-electron chi connectivity index (χ0n) is 9.82. The first-order valence-corrected chi connectivity index (χ1v) is 6.20. The number of H-pyrrole nitrogens is 1. The van der Waals surface area contributed by atoms with Crippen molar-refractivity contribution in [2.75, 3.05) is 19.8 Å². The van der Waals surface area contributed by atoms with E-state index in [0.717, 1.165) is 43.9 Å². The van der Waals surface area contributed by atoms with Crippen molar-refractivity contribution in [2.45, 2.75) is 12.8 Å². The number of fused-ring (bicyclic) bond motifs is 1. The van der Waals surface area contributed by atoms with Gasteiger partial charge in [-0.05, 0) is 37.0 Å². The summed E-state index contributed by atoms with van der Waals surface area (Å²) in [6.45, 7) is 2.55. The van der Waals surface area contributed by atoms with E-state index in [-0.39, 0.29) is 0 Å². The molecule has 0 bridgehead atoms. The zero-order valence-corrected chi connectivity index (χ0v) is 9.82. The van der Waals surface area contributed by atoms with Gasteiger partial charge in [-0.3, -0.25) is 0 Å². The number of ether oxygens (including phenoxy) is 2. The van der Waals surface area contributed by atoms with Crippen molar-refractivity contribution >= 4 is 10.9 Å². The third-order valence-electron chi connectivity index (χ3n) is 3.37. The Balaban J connectivity index is 1.69. The smallest absolute Gasteiger partial charge is 0.128 e. The molecule has 1 saturated heterocycles. The largest absolute Gasteiger partial charge is 0.493 e. The summed E-state index contributed by atoms with van der Waals surface area (Å²) in [4.78, 5) is 3.20. The lowest BCUT2D eigenvalue weighted by Gasteiger charge is -2.22. The summed E-state index contributed by atoms with van der Waals surface area (Å²) in [7, 11) is 0. The minimum absolute atomic E-state index is 0.637. The lowest BCUT2D eigenvalue weighted by molar-refractivity contribution is 0.0500. The normalized spacial score (nSPS) is 17.4. The third-order valence-corrected chi connectivity index (χ3v) is 3.37. The molecule has 1 aromatic carbocycles. The molecular formula is C14H17NO2. The first-order valence-electron chi connectivity index (χ1n) is 6.20. The maximum atomic E-state index is 5.94. The predicted molar refractivity (Wildman–Crippen MR) is 67.3 cm³/mol. The Hall–Kier alpha value is -1.48. The van der Waals surface area contributed by atoms with Gasteiger partial charge >= 0.3 is 0 Å². The molecule has 0 atom stereocenters. The van der Waals surface area contributed by atoms with Crippen molar-refractivity contribution in [2.24, 2.45) is 5.92 Å². The van der Waals surface area contributed by atoms with E-state index < -0.39 is 0 Å². The van der Waals surface area contributed by atoms with E-state index in [1.165, 1.54) is 5.39 Å². The number of aromatic amines is 1. The quantitative estimate of drug-likeness (QED) is 0.881. The molecule has 0 radical (unpaired) electrons. The Labute approximate surface area is 101 Å². The molecule has 1 N–H and O–H groups in total. The molecule has 3 rings (SSSR count). The SMILES string of the molecule is c1cc(OCC2CCOCC2)c2cc[nH]c2c1. The van der Waals surface area contributed by atoms with E-state index in [1.807, 2.05) is 18.3 Å². The van der Waals surface area contributed by atoms with Crippen LogP contribution in [0.15, 0.2) is 30.5 Å². The number of benzene rings is 1. The van der Waals surface area contributed by atoms with Crippen molar-refractivity contribution in [3.8, 4) is 5.75 Å². The highest BCUT2D eigenvalue weighted by molar-refractivity contribution is 5.85. The molecule has 90 valence electrons. The molecule has 1 fully saturated rings. The van der Waals surface area contributed by atoms with Crippen LogP contribution in [0.4, 0.5) is 0 Å². The van der Waals surface area contributed by atoms with E-state index in [2.05, 4.69) is 17.1 Å². The van der Waals surface area contributed by atoms with Crippen molar-refractivity contribution in [3.05, 3.63) is 30.5 Å². The monoisotopic (exact) mass is 231 g/mol. The van der Waals surface area contributed by atoms with E-state index in [9.17, 15) is 0 Å². The van der Waals surface area contributed by atoms with E-state index in [0.29, 0.717) is 5.92 Å². The van der Waals surface area contributed by atoms with Gasteiger partial charge in [-0.15, -0.1) is 0 Å². The number of rotatable bonds is 3. The molecule has 0 saturated carbocycles. The summed E-state index contributed by atoms with van der Waals surface area (Å²) < 4.78 is 11.3. The Kier molecular flexibility index (Phi) is 3.01. The summed E-state index contributed by atoms with van der Waals surface area (Å²) >= 11 is 0. The summed E-state index contributed by atoms with van der Waals surface area (Å²) in [5, 5.41) is 1.17. The fourth-order valence-corrected chi connectivity index (χ4v) is 2.30. The second kappa shape index (κ2) is 4.80. The summed E-state index contributed by atoms with van der Waals surface area (Å²) in [5.74, 6) is 1.62. The fourth-order valence-electron chi connectivity index (χ4n) is 2.30. The van der Waals surface area contributed by atoms with Gasteiger partial charge in [-0.2, -0.15) is 0 Å². The lowest BCUT2D eigenvalue weighted by atomic mass is 10.0. The fraction of sp³-hybridized carbons (Fsp3) is 0.429. The van der Waals surface area contributed by atoms with Gasteiger partial charge in [0.15, 0.2) is 0 Å². The van der Waals surface area contributed by atoms with Gasteiger partial charge in [0.05, 0.1) is 6.61 Å². The molecule has 1 aliphatic heterocycles. The van der Waals surface area contributed by atoms with Crippen LogP contribution in [0.2, 0.25) is 0 Å². The molecule has 1 aromatic heterocycles. The van der Waals surface area contributed by atoms with Crippen LogP contribution in [0.3, 0.4) is 0 Å². The number of hydrogen-bond donors (Lipinski definition) is 1. The number of hydrogen-bond acceptors (Lipinski definition) is 2. The van der Waals surface area contributed by atoms with Crippen LogP contribution in [0.1, 0.15) is 12.8 Å². The van der Waals surface area contributed by atoms with Gasteiger partial charge in [0.2, 0.25) is 0 Å². The zero-order chi connectivity index (χ0) is 11.5. The lowest BCUT2D eigenvalue weighted by Crippen LogP contribution is -2.21. The first kappa shape index (κ1) is 10.7. The second-order valence-corrected chi connectivity index (χ2v) is 4.56. The van der Waals surface area contributed by atoms with Crippen molar-refractivity contribution in [1.82, 2.24) is 4.98 Å². The summed E-state index contributed by atoms with van der Waals surface area (Å²) in [6, 6.07) is 8.19. The molecule has 17 heavy (non-hydrogen) atoms. The van der Waals surface area contributed by atoms with Crippen molar-refractivity contribution < 1.29 is 9.47 Å². The molecule has 0 spiro atoms. The van der Waals surface area contributed by atoms with Crippen LogP contribution >= 0.6 is 0 Å². The number of aromatic nitrogens is 1. The molecule has 3 nitrogen and oxygen atoms in total. The molecule has 0 unspecified atom stereocenters. The second-order valence-electron chi connectivity index (χ2n) is 4.56. The summed E-state index contributed by atoms with van der Waals surface area (Å²) in [5.41, 5.74) is 1.13. The van der Waals surface area contributed by atoms with Gasteiger partial charge in [-0.1, -0.05) is 6.07 Å². The van der Waals surface area contributed by atoms with Crippen LogP contribution in [0.25, 0.3) is 10.9 Å². The van der Waals surface area contributed by atoms with Gasteiger partial charge in [0.1, 0.15) is 5.75 Å². The average molecular weight is 231 g/mol. The predicted octanol–water partition coefficient (Wildman–Crippen LogP) is 2.97. The Morgan fingerprint density at radius 3 is 3.00 bits per heavy atom. The summed E-state index contributed by atoms with van der Waals surface area (Å²) in [6.07, 6.45) is 4.18. The van der Waals surface area contributed by atoms with E-state index >= 15 is 0 Å². The molecule has 2 aromatic rings. The van der Waals surface area contributed by atoms with Gasteiger partial charge in [0, 0.05) is 30.3 Å². The van der Waals surface area contributed by atoms with E-state index in [1.54, 1.807) is 0 Å². The Morgan fingerprint density at radius 2 is 2.12 bits per heavy atom. The number of nitrogens with one attached hydrogen (secondary N) is 1. The minimum Gasteiger partial charge on any atom is -0.493 e. The molecule has 0 aliphatic carbocycles. The van der Waals surface area contributed by atoms with E-state index in [4.69, 9.17) is 9.47 Å². The molecular weight excluding hydrogens is 214 g/mol. The third kappa shape index (κ3) is 2.29. The van der Waals surface area contributed by atoms with Crippen molar-refractivity contribution in [1.29, 1.82) is 0 Å². The molecule has 1 aliphatic rings. The van der Waals surface area contributed by atoms with Crippen molar-refractivity contribution in [3.63, 3.8) is 0 Å². The van der Waals surface area contributed by atoms with Crippen LogP contribution in [0, 0.1) is 5.92 Å². The first-order chi connectivity index (χ1) is 8.43. The van der Waals surface area contributed by atoms with Gasteiger partial charge in [0.25, 0.3) is 0 Å². The Bertz CT molecular complexity index is 486. The van der Waals surface area contributed by atoms with Crippen LogP contribution in [0.5, 0.6) is 5.75 Å². The molecule has 2 heterocycles. The molecule has 3 heteroatoms. The molecule has 0 amide bonds. The van der Waals surface area contributed by atoms with Gasteiger partial charge in [-0.25, -0.2) is 0 Å².